The number of halogens is 2. The molecule has 0 aliphatic carbocycles. The Hall–Kier alpha value is 0.0149. The van der Waals surface area contributed by atoms with Gasteiger partial charge in [0.1, 0.15) is 0 Å². The van der Waals surface area contributed by atoms with E-state index in [0.717, 1.165) is 9.94 Å². The summed E-state index contributed by atoms with van der Waals surface area (Å²) in [6, 6.07) is 8.02. The first-order valence-corrected chi connectivity index (χ1v) is 4.90. The molecule has 0 bridgehead atoms. The quantitative estimate of drug-likeness (QED) is 0.721. The van der Waals surface area contributed by atoms with Gasteiger partial charge in [-0.25, -0.2) is 0 Å². The van der Waals surface area contributed by atoms with Crippen LogP contribution in [-0.2, 0) is 0 Å². The Morgan fingerprint density at radius 1 is 1.25 bits per heavy atom. The van der Waals surface area contributed by atoms with Crippen LogP contribution in [0.1, 0.15) is 0 Å². The molecule has 0 spiro atoms. The van der Waals surface area contributed by atoms with Gasteiger partial charge in [-0.05, 0) is 31.7 Å². The fourth-order valence-electron chi connectivity index (χ4n) is 0.920. The molecule has 0 amide bonds. The van der Waals surface area contributed by atoms with Crippen molar-refractivity contribution in [3.8, 4) is 0 Å². The molecular weight excluding hydrogens is 236 g/mol. The number of nitrogens with zero attached hydrogens (tertiary/aromatic N) is 1. The van der Waals surface area contributed by atoms with Crippen LogP contribution in [0.25, 0.3) is 0 Å². The average Bonchev–Trinajstić information content (AvgIpc) is 2.04. The predicted molar refractivity (Wildman–Crippen MR) is 59.1 cm³/mol. The van der Waals surface area contributed by atoms with E-state index in [-0.39, 0.29) is 6.26 Å². The third-order valence-corrected chi connectivity index (χ3v) is 2.77. The van der Waals surface area contributed by atoms with E-state index in [1.165, 1.54) is 0 Å². The van der Waals surface area contributed by atoms with Crippen LogP contribution in [0.5, 0.6) is 0 Å². The summed E-state index contributed by atoms with van der Waals surface area (Å²) in [5.41, 5.74) is 1.12. The molecule has 1 aromatic rings. The van der Waals surface area contributed by atoms with E-state index in [1.54, 1.807) is 0 Å². The number of hydrogen-bond acceptors (Lipinski definition) is 1. The van der Waals surface area contributed by atoms with Crippen LogP contribution in [0.3, 0.4) is 0 Å². The zero-order valence-electron chi connectivity index (χ0n) is 7.09. The van der Waals surface area contributed by atoms with Gasteiger partial charge in [0.2, 0.25) is 0 Å². The number of rotatable bonds is 2. The maximum atomic E-state index is 6.10. The van der Waals surface area contributed by atoms with Gasteiger partial charge in [-0.15, -0.1) is 0 Å². The van der Waals surface area contributed by atoms with E-state index >= 15 is 0 Å². The number of benzene rings is 1. The molecule has 1 aromatic carbocycles. The van der Waals surface area contributed by atoms with Crippen LogP contribution in [0.2, 0.25) is 0 Å². The molecule has 0 unspecified atom stereocenters. The highest BCUT2D eigenvalue weighted by Gasteiger charge is 2.15. The molecule has 0 radical (unpaired) electrons. The lowest BCUT2D eigenvalue weighted by Crippen LogP contribution is -2.38. The molecule has 0 saturated carbocycles. The molecule has 0 N–H and O–H groups in total. The average molecular weight is 246 g/mol. The van der Waals surface area contributed by atoms with Gasteiger partial charge in [-0.1, -0.05) is 28.1 Å². The molecule has 0 aliphatic rings. The summed E-state index contributed by atoms with van der Waals surface area (Å²) in [6.45, 7) is 0. The van der Waals surface area contributed by atoms with Crippen LogP contribution in [0.15, 0.2) is 28.7 Å². The Bertz CT molecular complexity index is 250. The second-order valence-electron chi connectivity index (χ2n) is 2.85. The second kappa shape index (κ2) is 4.31. The summed E-state index contributed by atoms with van der Waals surface area (Å²) in [5, 5.41) is 0. The Labute approximate surface area is 86.9 Å². The van der Waals surface area contributed by atoms with Crippen molar-refractivity contribution >= 4 is 39.1 Å². The summed E-state index contributed by atoms with van der Waals surface area (Å²) >= 11 is 9.48. The molecule has 0 fully saturated rings. The zero-order chi connectivity index (χ0) is 9.14. The van der Waals surface area contributed by atoms with Crippen LogP contribution < -0.4 is 5.46 Å². The summed E-state index contributed by atoms with van der Waals surface area (Å²) in [6.07, 6.45) is -0.0434. The van der Waals surface area contributed by atoms with Gasteiger partial charge < -0.3 is 4.81 Å². The maximum absolute atomic E-state index is 6.10. The molecule has 0 heterocycles. The lowest BCUT2D eigenvalue weighted by atomic mass is 9.80. The highest BCUT2D eigenvalue weighted by atomic mass is 79.9. The Morgan fingerprint density at radius 2 is 1.75 bits per heavy atom. The third kappa shape index (κ3) is 2.51. The van der Waals surface area contributed by atoms with Crippen molar-refractivity contribution in [3.63, 3.8) is 0 Å². The summed E-state index contributed by atoms with van der Waals surface area (Å²) in [4.78, 5) is 1.96. The Morgan fingerprint density at radius 3 is 2.17 bits per heavy atom. The fraction of sp³-hybridized carbons (Fsp3) is 0.250. The minimum absolute atomic E-state index is 0.0434. The summed E-state index contributed by atoms with van der Waals surface area (Å²) < 4.78 is 1.08. The van der Waals surface area contributed by atoms with Crippen molar-refractivity contribution < 1.29 is 0 Å². The first-order valence-electron chi connectivity index (χ1n) is 3.67. The topological polar surface area (TPSA) is 3.24 Å². The lowest BCUT2D eigenvalue weighted by Gasteiger charge is -2.13. The first-order chi connectivity index (χ1) is 5.61. The molecule has 1 rings (SSSR count). The molecule has 0 aliphatic heterocycles. The standard InChI is InChI=1S/C8H10BBrClN/c1-12(2)9(11)7-3-5-8(10)6-4-7/h3-6H,1-2H3. The van der Waals surface area contributed by atoms with Crippen molar-refractivity contribution in [3.05, 3.63) is 28.7 Å². The van der Waals surface area contributed by atoms with Crippen molar-refractivity contribution in [2.75, 3.05) is 14.1 Å². The van der Waals surface area contributed by atoms with E-state index in [1.807, 2.05) is 43.2 Å². The fourth-order valence-corrected chi connectivity index (χ4v) is 1.33. The highest BCUT2D eigenvalue weighted by molar-refractivity contribution is 9.10. The molecular formula is C8H10BBrClN. The van der Waals surface area contributed by atoms with Gasteiger partial charge in [0.15, 0.2) is 0 Å². The van der Waals surface area contributed by atoms with Crippen LogP contribution in [-0.4, -0.2) is 25.2 Å². The van der Waals surface area contributed by atoms with Crippen LogP contribution in [0.4, 0.5) is 0 Å². The molecule has 4 heteroatoms. The van der Waals surface area contributed by atoms with E-state index in [4.69, 9.17) is 11.5 Å². The minimum Gasteiger partial charge on any atom is -0.330 e. The largest absolute Gasteiger partial charge is 0.364 e. The Kier molecular flexibility index (Phi) is 3.62. The van der Waals surface area contributed by atoms with Gasteiger partial charge in [-0.3, -0.25) is 0 Å². The first kappa shape index (κ1) is 10.1. The normalized spacial score (nSPS) is 10.4. The van der Waals surface area contributed by atoms with Gasteiger partial charge in [-0.2, -0.15) is 11.5 Å². The highest BCUT2D eigenvalue weighted by Crippen LogP contribution is 2.06. The molecule has 0 atom stereocenters. The van der Waals surface area contributed by atoms with Crippen molar-refractivity contribution in [2.24, 2.45) is 0 Å². The Balaban J connectivity index is 2.82. The molecule has 64 valence electrons. The monoisotopic (exact) mass is 245 g/mol. The van der Waals surface area contributed by atoms with Gasteiger partial charge in [0, 0.05) is 4.47 Å². The van der Waals surface area contributed by atoms with E-state index in [9.17, 15) is 0 Å². The maximum Gasteiger partial charge on any atom is 0.364 e. The summed E-state index contributed by atoms with van der Waals surface area (Å²) in [5.74, 6) is 0. The SMILES string of the molecule is CN(C)B(Cl)c1ccc(Br)cc1. The van der Waals surface area contributed by atoms with E-state index in [0.29, 0.717) is 0 Å². The minimum atomic E-state index is -0.0434. The van der Waals surface area contributed by atoms with Crippen molar-refractivity contribution in [1.29, 1.82) is 0 Å². The molecule has 1 nitrogen and oxygen atoms in total. The third-order valence-electron chi connectivity index (χ3n) is 1.60. The van der Waals surface area contributed by atoms with Gasteiger partial charge in [0.05, 0.1) is 0 Å². The van der Waals surface area contributed by atoms with E-state index < -0.39 is 0 Å². The van der Waals surface area contributed by atoms with Crippen LogP contribution in [0, 0.1) is 0 Å². The molecule has 0 saturated heterocycles. The van der Waals surface area contributed by atoms with Crippen molar-refractivity contribution in [1.82, 2.24) is 4.81 Å². The summed E-state index contributed by atoms with van der Waals surface area (Å²) in [7, 11) is 3.92. The van der Waals surface area contributed by atoms with Crippen LogP contribution >= 0.6 is 27.4 Å². The lowest BCUT2D eigenvalue weighted by molar-refractivity contribution is 0.663. The zero-order valence-corrected chi connectivity index (χ0v) is 9.43. The van der Waals surface area contributed by atoms with Gasteiger partial charge in [0.25, 0.3) is 0 Å². The predicted octanol–water partition coefficient (Wildman–Crippen LogP) is 1.94. The van der Waals surface area contributed by atoms with Gasteiger partial charge >= 0.3 is 6.26 Å². The van der Waals surface area contributed by atoms with E-state index in [2.05, 4.69) is 15.9 Å². The smallest absolute Gasteiger partial charge is 0.330 e. The number of hydrogen-bond donors (Lipinski definition) is 0. The molecule has 0 aromatic heterocycles. The molecule has 12 heavy (non-hydrogen) atoms. The second-order valence-corrected chi connectivity index (χ2v) is 4.18. The van der Waals surface area contributed by atoms with Crippen molar-refractivity contribution in [2.45, 2.75) is 0 Å².